The molecule has 1 amide bonds. The Morgan fingerprint density at radius 3 is 2.53 bits per heavy atom. The first-order valence-electron chi connectivity index (χ1n) is 10.9. The molecule has 1 atom stereocenters. The van der Waals surface area contributed by atoms with Gasteiger partial charge in [0.15, 0.2) is 11.6 Å². The number of nitrogens with zero attached hydrogens (tertiary/aromatic N) is 3. The number of piperidine rings is 1. The molecule has 1 aromatic heterocycles. The minimum Gasteiger partial charge on any atom is -0.494 e. The van der Waals surface area contributed by atoms with Gasteiger partial charge in [0.2, 0.25) is 5.69 Å². The Labute approximate surface area is 202 Å². The SMILES string of the molecule is [C-]#[N+]c1ccc(-c2cc(C(=O)N3CCC[C@@H](N(C)C)C3)sc2-c2ccc(OC)c(F)c2)cc1F. The highest BCUT2D eigenvalue weighted by Gasteiger charge is 2.28. The Hall–Kier alpha value is -3.28. The molecule has 2 aromatic carbocycles. The highest BCUT2D eigenvalue weighted by Crippen LogP contribution is 2.42. The zero-order valence-electron chi connectivity index (χ0n) is 19.3. The number of thiophene rings is 1. The molecule has 176 valence electrons. The van der Waals surface area contributed by atoms with Gasteiger partial charge in [-0.3, -0.25) is 4.79 Å². The average molecular weight is 482 g/mol. The van der Waals surface area contributed by atoms with E-state index in [1.807, 2.05) is 19.0 Å². The molecule has 0 spiro atoms. The number of carbonyl (C=O) groups is 1. The van der Waals surface area contributed by atoms with Crippen LogP contribution in [0, 0.1) is 18.2 Å². The lowest BCUT2D eigenvalue weighted by Gasteiger charge is -2.35. The molecule has 0 unspecified atom stereocenters. The van der Waals surface area contributed by atoms with E-state index in [4.69, 9.17) is 11.3 Å². The number of rotatable bonds is 5. The molecule has 34 heavy (non-hydrogen) atoms. The number of halogens is 2. The van der Waals surface area contributed by atoms with Gasteiger partial charge < -0.3 is 14.5 Å². The lowest BCUT2D eigenvalue weighted by molar-refractivity contribution is 0.0640. The largest absolute Gasteiger partial charge is 0.494 e. The van der Waals surface area contributed by atoms with Crippen LogP contribution in [0.3, 0.4) is 0 Å². The zero-order chi connectivity index (χ0) is 24.4. The first kappa shape index (κ1) is 23.9. The molecule has 1 saturated heterocycles. The summed E-state index contributed by atoms with van der Waals surface area (Å²) in [5, 5.41) is 0. The molecule has 5 nitrogen and oxygen atoms in total. The van der Waals surface area contributed by atoms with Crippen molar-refractivity contribution in [3.63, 3.8) is 0 Å². The van der Waals surface area contributed by atoms with Crippen molar-refractivity contribution in [2.24, 2.45) is 0 Å². The van der Waals surface area contributed by atoms with E-state index >= 15 is 0 Å². The van der Waals surface area contributed by atoms with Gasteiger partial charge in [0.1, 0.15) is 5.82 Å². The van der Waals surface area contributed by atoms with Crippen LogP contribution in [0.2, 0.25) is 0 Å². The van der Waals surface area contributed by atoms with Crippen LogP contribution in [0.15, 0.2) is 42.5 Å². The molecule has 0 radical (unpaired) electrons. The minimum absolute atomic E-state index is 0.0737. The maximum Gasteiger partial charge on any atom is 0.264 e. The molecule has 1 fully saturated rings. The van der Waals surface area contributed by atoms with Crippen LogP contribution in [0.1, 0.15) is 22.5 Å². The van der Waals surface area contributed by atoms with Crippen molar-refractivity contribution in [2.45, 2.75) is 18.9 Å². The molecule has 0 saturated carbocycles. The van der Waals surface area contributed by atoms with Crippen molar-refractivity contribution in [1.82, 2.24) is 9.80 Å². The Bertz CT molecular complexity index is 1270. The number of hydrogen-bond donors (Lipinski definition) is 0. The van der Waals surface area contributed by atoms with Crippen molar-refractivity contribution in [1.29, 1.82) is 0 Å². The van der Waals surface area contributed by atoms with Gasteiger partial charge in [0.05, 0.1) is 18.6 Å². The lowest BCUT2D eigenvalue weighted by atomic mass is 10.0. The third-order valence-electron chi connectivity index (χ3n) is 6.15. The van der Waals surface area contributed by atoms with Crippen molar-refractivity contribution in [3.8, 4) is 27.3 Å². The molecule has 1 aliphatic heterocycles. The van der Waals surface area contributed by atoms with Gasteiger partial charge in [-0.1, -0.05) is 12.1 Å². The van der Waals surface area contributed by atoms with E-state index in [0.717, 1.165) is 12.8 Å². The summed E-state index contributed by atoms with van der Waals surface area (Å²) in [6, 6.07) is 11.0. The molecule has 0 aliphatic carbocycles. The van der Waals surface area contributed by atoms with E-state index in [0.29, 0.717) is 45.6 Å². The maximum absolute atomic E-state index is 14.5. The Kier molecular flexibility index (Phi) is 6.96. The summed E-state index contributed by atoms with van der Waals surface area (Å²) in [5.41, 5.74) is 1.64. The summed E-state index contributed by atoms with van der Waals surface area (Å²) in [7, 11) is 5.42. The number of hydrogen-bond acceptors (Lipinski definition) is 4. The van der Waals surface area contributed by atoms with Crippen LogP contribution >= 0.6 is 11.3 Å². The Balaban J connectivity index is 1.78. The summed E-state index contributed by atoms with van der Waals surface area (Å²) in [5.74, 6) is -1.13. The molecule has 3 aromatic rings. The van der Waals surface area contributed by atoms with E-state index in [2.05, 4.69) is 9.74 Å². The second kappa shape index (κ2) is 9.92. The topological polar surface area (TPSA) is 37.1 Å². The molecular formula is C26H25F2N3O2S. The fourth-order valence-corrected chi connectivity index (χ4v) is 5.36. The molecule has 1 aliphatic rings. The third-order valence-corrected chi connectivity index (χ3v) is 7.32. The van der Waals surface area contributed by atoms with E-state index in [-0.39, 0.29) is 17.3 Å². The normalized spacial score (nSPS) is 15.9. The number of likely N-dealkylation sites (tertiary alicyclic amines) is 1. The van der Waals surface area contributed by atoms with Crippen molar-refractivity contribution in [2.75, 3.05) is 34.3 Å². The van der Waals surface area contributed by atoms with E-state index in [9.17, 15) is 13.6 Å². The Morgan fingerprint density at radius 1 is 1.15 bits per heavy atom. The van der Waals surface area contributed by atoms with Crippen LogP contribution in [0.5, 0.6) is 5.75 Å². The van der Waals surface area contributed by atoms with Crippen LogP contribution in [-0.2, 0) is 0 Å². The predicted molar refractivity (Wildman–Crippen MR) is 131 cm³/mol. The molecular weight excluding hydrogens is 456 g/mol. The minimum atomic E-state index is -0.636. The van der Waals surface area contributed by atoms with Gasteiger partial charge in [-0.2, -0.15) is 0 Å². The van der Waals surface area contributed by atoms with Crippen LogP contribution in [-0.4, -0.2) is 56.0 Å². The predicted octanol–water partition coefficient (Wildman–Crippen LogP) is 6.09. The van der Waals surface area contributed by atoms with Gasteiger partial charge in [-0.05, 0) is 68.4 Å². The summed E-state index contributed by atoms with van der Waals surface area (Å²) >= 11 is 1.26. The maximum atomic E-state index is 14.5. The van der Waals surface area contributed by atoms with Crippen molar-refractivity contribution in [3.05, 3.63) is 70.4 Å². The van der Waals surface area contributed by atoms with Gasteiger partial charge in [-0.15, -0.1) is 11.3 Å². The van der Waals surface area contributed by atoms with Crippen molar-refractivity contribution >= 4 is 22.9 Å². The monoisotopic (exact) mass is 481 g/mol. The number of amides is 1. The number of ether oxygens (including phenoxy) is 1. The first-order valence-corrected chi connectivity index (χ1v) is 11.7. The van der Waals surface area contributed by atoms with Gasteiger partial charge in [0, 0.05) is 29.6 Å². The number of carbonyl (C=O) groups excluding carboxylic acids is 1. The quantitative estimate of drug-likeness (QED) is 0.414. The zero-order valence-corrected chi connectivity index (χ0v) is 20.1. The average Bonchev–Trinajstić information content (AvgIpc) is 3.29. The standard InChI is InChI=1S/C26H25F2N3O2S/c1-29-22-9-7-16(12-20(22)27)19-14-24(26(32)31-11-5-6-18(15-31)30(2)3)34-25(19)17-8-10-23(33-4)21(28)13-17/h7-10,12-14,18H,5-6,11,15H2,2-4H3/t18-/m1/s1. The van der Waals surface area contributed by atoms with Crippen LogP contribution in [0.25, 0.3) is 26.4 Å². The summed E-state index contributed by atoms with van der Waals surface area (Å²) < 4.78 is 34.0. The molecule has 4 rings (SSSR count). The fourth-order valence-electron chi connectivity index (χ4n) is 4.21. The molecule has 0 bridgehead atoms. The molecule has 2 heterocycles. The number of benzene rings is 2. The Morgan fingerprint density at radius 2 is 1.88 bits per heavy atom. The molecule has 8 heteroatoms. The summed E-state index contributed by atoms with van der Waals surface area (Å²) in [6.07, 6.45) is 1.96. The van der Waals surface area contributed by atoms with E-state index in [1.54, 1.807) is 18.2 Å². The van der Waals surface area contributed by atoms with E-state index in [1.165, 1.54) is 42.7 Å². The van der Waals surface area contributed by atoms with Gasteiger partial charge >= 0.3 is 0 Å². The summed E-state index contributed by atoms with van der Waals surface area (Å²) in [4.78, 5) is 21.8. The van der Waals surface area contributed by atoms with Gasteiger partial charge in [-0.25, -0.2) is 13.6 Å². The van der Waals surface area contributed by atoms with Crippen LogP contribution in [0.4, 0.5) is 14.5 Å². The van der Waals surface area contributed by atoms with Crippen LogP contribution < -0.4 is 4.74 Å². The number of methoxy groups -OCH3 is 1. The highest BCUT2D eigenvalue weighted by molar-refractivity contribution is 7.18. The second-order valence-corrected chi connectivity index (χ2v) is 9.54. The van der Waals surface area contributed by atoms with Crippen molar-refractivity contribution < 1.29 is 18.3 Å². The third kappa shape index (κ3) is 4.67. The number of likely N-dealkylation sites (N-methyl/N-ethyl adjacent to an activating group) is 1. The first-order chi connectivity index (χ1) is 16.3. The molecule has 0 N–H and O–H groups in total. The van der Waals surface area contributed by atoms with Gasteiger partial charge in [0.25, 0.3) is 5.91 Å². The lowest BCUT2D eigenvalue weighted by Crippen LogP contribution is -2.47. The fraction of sp³-hybridized carbons (Fsp3) is 0.308. The highest BCUT2D eigenvalue weighted by atomic mass is 32.1. The summed E-state index contributed by atoms with van der Waals surface area (Å²) in [6.45, 7) is 8.42. The second-order valence-electron chi connectivity index (χ2n) is 8.49. The van der Waals surface area contributed by atoms with E-state index < -0.39 is 11.6 Å². The smallest absolute Gasteiger partial charge is 0.264 e.